The molecule has 1 nitrogen and oxygen atoms in total. The first kappa shape index (κ1) is 15.8. The van der Waals surface area contributed by atoms with E-state index >= 15 is 0 Å². The molecule has 0 spiro atoms. The maximum absolute atomic E-state index is 14.2. The highest BCUT2D eigenvalue weighted by atomic mass is 32.2. The van der Waals surface area contributed by atoms with Crippen LogP contribution in [0.1, 0.15) is 49.8 Å². The third-order valence-electron chi connectivity index (χ3n) is 3.92. The number of hydrogen-bond donors (Lipinski definition) is 1. The molecule has 0 aromatic heterocycles. The molecular formula is C16H23F2NS. The Morgan fingerprint density at radius 2 is 2.00 bits per heavy atom. The van der Waals surface area contributed by atoms with E-state index in [0.29, 0.717) is 17.4 Å². The van der Waals surface area contributed by atoms with E-state index in [2.05, 4.69) is 5.32 Å². The summed E-state index contributed by atoms with van der Waals surface area (Å²) in [5.74, 6) is -0.107. The fraction of sp³-hybridized carbons (Fsp3) is 0.625. The summed E-state index contributed by atoms with van der Waals surface area (Å²) >= 11 is 1.85. The van der Waals surface area contributed by atoms with E-state index in [1.807, 2.05) is 18.7 Å². The number of aryl methyl sites for hydroxylation is 1. The van der Waals surface area contributed by atoms with Gasteiger partial charge in [0.05, 0.1) is 0 Å². The summed E-state index contributed by atoms with van der Waals surface area (Å²) in [6, 6.07) is 2.63. The van der Waals surface area contributed by atoms with Crippen LogP contribution in [-0.4, -0.2) is 17.5 Å². The number of thioether (sulfide) groups is 1. The standard InChI is InChI=1S/C16H23F2NS/c1-3-19-14(10-20-12-6-4-5-7-12)15-13(17)9-8-11(2)16(15)18/h8-9,12,14,19H,3-7,10H2,1-2H3. The summed E-state index contributed by atoms with van der Waals surface area (Å²) in [6.45, 7) is 4.37. The van der Waals surface area contributed by atoms with Crippen molar-refractivity contribution in [3.63, 3.8) is 0 Å². The van der Waals surface area contributed by atoms with Crippen LogP contribution in [0.5, 0.6) is 0 Å². The lowest BCUT2D eigenvalue weighted by Crippen LogP contribution is -2.26. The first-order valence-corrected chi connectivity index (χ1v) is 8.47. The zero-order valence-corrected chi connectivity index (χ0v) is 13.0. The number of benzene rings is 1. The Morgan fingerprint density at radius 1 is 1.30 bits per heavy atom. The molecule has 0 aliphatic heterocycles. The molecule has 0 saturated heterocycles. The van der Waals surface area contributed by atoms with Gasteiger partial charge in [0.2, 0.25) is 0 Å². The summed E-state index contributed by atoms with van der Waals surface area (Å²) < 4.78 is 28.3. The quantitative estimate of drug-likeness (QED) is 0.824. The van der Waals surface area contributed by atoms with Crippen LogP contribution in [0.25, 0.3) is 0 Å². The second kappa shape index (κ2) is 7.41. The van der Waals surface area contributed by atoms with Crippen molar-refractivity contribution in [2.24, 2.45) is 0 Å². The zero-order chi connectivity index (χ0) is 14.5. The lowest BCUT2D eigenvalue weighted by Gasteiger charge is -2.21. The van der Waals surface area contributed by atoms with Crippen molar-refractivity contribution in [2.45, 2.75) is 50.8 Å². The van der Waals surface area contributed by atoms with E-state index in [1.54, 1.807) is 6.92 Å². The van der Waals surface area contributed by atoms with Crippen LogP contribution in [0, 0.1) is 18.6 Å². The molecule has 20 heavy (non-hydrogen) atoms. The molecule has 1 aliphatic rings. The van der Waals surface area contributed by atoms with Crippen LogP contribution < -0.4 is 5.32 Å². The van der Waals surface area contributed by atoms with Crippen LogP contribution in [0.15, 0.2) is 12.1 Å². The van der Waals surface area contributed by atoms with E-state index in [0.717, 1.165) is 5.75 Å². The fourth-order valence-electron chi connectivity index (χ4n) is 2.78. The first-order chi connectivity index (χ1) is 9.63. The Kier molecular flexibility index (Phi) is 5.85. The molecule has 0 heterocycles. The van der Waals surface area contributed by atoms with Crippen LogP contribution in [0.2, 0.25) is 0 Å². The van der Waals surface area contributed by atoms with E-state index < -0.39 is 11.6 Å². The molecule has 1 fully saturated rings. The molecule has 1 unspecified atom stereocenters. The minimum Gasteiger partial charge on any atom is -0.309 e. The number of hydrogen-bond acceptors (Lipinski definition) is 2. The van der Waals surface area contributed by atoms with E-state index in [1.165, 1.54) is 37.8 Å². The lowest BCUT2D eigenvalue weighted by atomic mass is 10.0. The Labute approximate surface area is 124 Å². The fourth-order valence-corrected chi connectivity index (χ4v) is 4.19. The molecule has 0 bridgehead atoms. The van der Waals surface area contributed by atoms with E-state index in [4.69, 9.17) is 0 Å². The predicted molar refractivity (Wildman–Crippen MR) is 82.2 cm³/mol. The van der Waals surface area contributed by atoms with Gasteiger partial charge in [-0.1, -0.05) is 25.8 Å². The third-order valence-corrected chi connectivity index (χ3v) is 5.39. The second-order valence-corrected chi connectivity index (χ2v) is 6.78. The van der Waals surface area contributed by atoms with Crippen molar-refractivity contribution >= 4 is 11.8 Å². The van der Waals surface area contributed by atoms with Crippen molar-refractivity contribution < 1.29 is 8.78 Å². The molecule has 1 aliphatic carbocycles. The van der Waals surface area contributed by atoms with E-state index in [9.17, 15) is 8.78 Å². The third kappa shape index (κ3) is 3.73. The van der Waals surface area contributed by atoms with Gasteiger partial charge in [-0.05, 0) is 37.9 Å². The summed E-state index contributed by atoms with van der Waals surface area (Å²) in [4.78, 5) is 0. The Hall–Kier alpha value is -0.610. The van der Waals surface area contributed by atoms with Crippen LogP contribution in [0.3, 0.4) is 0 Å². The Bertz CT molecular complexity index is 444. The summed E-state index contributed by atoms with van der Waals surface area (Å²) in [5.41, 5.74) is 0.715. The van der Waals surface area contributed by atoms with Crippen molar-refractivity contribution in [2.75, 3.05) is 12.3 Å². The van der Waals surface area contributed by atoms with Crippen molar-refractivity contribution in [1.29, 1.82) is 0 Å². The summed E-state index contributed by atoms with van der Waals surface area (Å²) in [5, 5.41) is 3.89. The van der Waals surface area contributed by atoms with E-state index in [-0.39, 0.29) is 11.6 Å². The number of nitrogens with one attached hydrogen (secondary N) is 1. The van der Waals surface area contributed by atoms with Gasteiger partial charge in [0.1, 0.15) is 11.6 Å². The molecule has 0 radical (unpaired) electrons. The highest BCUT2D eigenvalue weighted by molar-refractivity contribution is 7.99. The largest absolute Gasteiger partial charge is 0.309 e. The minimum atomic E-state index is -0.439. The molecule has 0 amide bonds. The molecule has 1 atom stereocenters. The normalized spacial score (nSPS) is 17.6. The topological polar surface area (TPSA) is 12.0 Å². The zero-order valence-electron chi connectivity index (χ0n) is 12.2. The van der Waals surface area contributed by atoms with Gasteiger partial charge in [-0.25, -0.2) is 8.78 Å². The molecule has 4 heteroatoms. The van der Waals surface area contributed by atoms with Gasteiger partial charge < -0.3 is 5.32 Å². The predicted octanol–water partition coefficient (Wildman–Crippen LogP) is 4.60. The van der Waals surface area contributed by atoms with Crippen LogP contribution in [0.4, 0.5) is 8.78 Å². The first-order valence-electron chi connectivity index (χ1n) is 7.43. The highest BCUT2D eigenvalue weighted by Crippen LogP contribution is 2.33. The average molecular weight is 299 g/mol. The summed E-state index contributed by atoms with van der Waals surface area (Å²) in [7, 11) is 0. The maximum atomic E-state index is 14.2. The average Bonchev–Trinajstić information content (AvgIpc) is 2.94. The molecule has 1 saturated carbocycles. The van der Waals surface area contributed by atoms with Gasteiger partial charge in [0.25, 0.3) is 0 Å². The number of rotatable bonds is 6. The smallest absolute Gasteiger partial charge is 0.133 e. The van der Waals surface area contributed by atoms with Crippen molar-refractivity contribution in [3.05, 3.63) is 34.9 Å². The molecular weight excluding hydrogens is 276 g/mol. The molecule has 1 N–H and O–H groups in total. The Morgan fingerprint density at radius 3 is 2.65 bits per heavy atom. The molecule has 1 aromatic carbocycles. The highest BCUT2D eigenvalue weighted by Gasteiger charge is 2.23. The molecule has 1 aromatic rings. The van der Waals surface area contributed by atoms with Crippen molar-refractivity contribution in [3.8, 4) is 0 Å². The minimum absolute atomic E-state index is 0.206. The maximum Gasteiger partial charge on any atom is 0.133 e. The van der Waals surface area contributed by atoms with Crippen LogP contribution in [-0.2, 0) is 0 Å². The van der Waals surface area contributed by atoms with Gasteiger partial charge in [-0.15, -0.1) is 0 Å². The summed E-state index contributed by atoms with van der Waals surface area (Å²) in [6.07, 6.45) is 5.05. The molecule has 2 rings (SSSR count). The van der Waals surface area contributed by atoms with Gasteiger partial charge >= 0.3 is 0 Å². The Balaban J connectivity index is 2.12. The van der Waals surface area contributed by atoms with Gasteiger partial charge in [0, 0.05) is 22.6 Å². The van der Waals surface area contributed by atoms with Crippen molar-refractivity contribution in [1.82, 2.24) is 5.32 Å². The lowest BCUT2D eigenvalue weighted by molar-refractivity contribution is 0.496. The van der Waals surface area contributed by atoms with Gasteiger partial charge in [-0.3, -0.25) is 0 Å². The molecule has 112 valence electrons. The SMILES string of the molecule is CCNC(CSC1CCCC1)c1c(F)ccc(C)c1F. The van der Waals surface area contributed by atoms with Crippen LogP contribution >= 0.6 is 11.8 Å². The van der Waals surface area contributed by atoms with Gasteiger partial charge in [-0.2, -0.15) is 11.8 Å². The second-order valence-electron chi connectivity index (χ2n) is 5.44. The van der Waals surface area contributed by atoms with Gasteiger partial charge in [0.15, 0.2) is 0 Å². The monoisotopic (exact) mass is 299 g/mol. The number of halogens is 2.